The van der Waals surface area contributed by atoms with E-state index in [1.807, 2.05) is 0 Å². The normalized spacial score (nSPS) is 6.88. The molecular weight excluding hydrogens is 232 g/mol. The number of rotatable bonds is 5. The number of nitrogens with zero attached hydrogens (tertiary/aromatic N) is 3. The van der Waals surface area contributed by atoms with E-state index in [-0.39, 0.29) is 13.3 Å². The lowest BCUT2D eigenvalue weighted by Gasteiger charge is -1.99. The Morgan fingerprint density at radius 2 is 1.65 bits per heavy atom. The molecule has 92 valence electrons. The SMILES string of the molecule is CCOC(=O)NCN=C=O.O=C=NCN=C=O. The Kier molecular flexibility index (Phi) is 15.7. The highest BCUT2D eigenvalue weighted by atomic mass is 16.5. The van der Waals surface area contributed by atoms with Crippen molar-refractivity contribution in [1.29, 1.82) is 0 Å². The molecule has 0 saturated heterocycles. The predicted octanol–water partition coefficient (Wildman–Crippen LogP) is -0.359. The molecule has 17 heavy (non-hydrogen) atoms. The molecule has 0 aromatic carbocycles. The number of aliphatic imine (C=N–C) groups is 3. The highest BCUT2D eigenvalue weighted by Crippen LogP contribution is 1.74. The molecular formula is C8H10N4O5. The van der Waals surface area contributed by atoms with Crippen molar-refractivity contribution in [3.8, 4) is 0 Å². The molecule has 0 aliphatic rings. The monoisotopic (exact) mass is 242 g/mol. The van der Waals surface area contributed by atoms with Crippen molar-refractivity contribution in [3.63, 3.8) is 0 Å². The number of hydrogen-bond donors (Lipinski definition) is 1. The van der Waals surface area contributed by atoms with Gasteiger partial charge in [-0.05, 0) is 6.92 Å². The molecule has 0 aromatic heterocycles. The molecule has 0 aliphatic carbocycles. The Morgan fingerprint density at radius 3 is 2.06 bits per heavy atom. The van der Waals surface area contributed by atoms with E-state index in [2.05, 4.69) is 25.0 Å². The zero-order chi connectivity index (χ0) is 13.4. The molecule has 0 saturated carbocycles. The molecule has 0 aliphatic heterocycles. The van der Waals surface area contributed by atoms with Crippen LogP contribution in [0.2, 0.25) is 0 Å². The fraction of sp³-hybridized carbons (Fsp3) is 0.500. The van der Waals surface area contributed by atoms with Crippen LogP contribution in [0.15, 0.2) is 15.0 Å². The molecule has 0 bridgehead atoms. The first-order chi connectivity index (χ1) is 8.22. The van der Waals surface area contributed by atoms with Crippen molar-refractivity contribution >= 4 is 24.3 Å². The minimum Gasteiger partial charge on any atom is -0.450 e. The quantitative estimate of drug-likeness (QED) is 0.520. The van der Waals surface area contributed by atoms with E-state index in [1.165, 1.54) is 18.2 Å². The zero-order valence-corrected chi connectivity index (χ0v) is 9.00. The van der Waals surface area contributed by atoms with Gasteiger partial charge in [0.1, 0.15) is 6.67 Å². The maximum atomic E-state index is 10.4. The lowest BCUT2D eigenvalue weighted by Crippen LogP contribution is -2.24. The molecule has 0 spiro atoms. The van der Waals surface area contributed by atoms with E-state index in [0.29, 0.717) is 6.61 Å². The van der Waals surface area contributed by atoms with Crippen LogP contribution < -0.4 is 5.32 Å². The number of isocyanates is 3. The highest BCUT2D eigenvalue weighted by molar-refractivity contribution is 5.67. The van der Waals surface area contributed by atoms with E-state index in [9.17, 15) is 19.2 Å². The van der Waals surface area contributed by atoms with Crippen LogP contribution in [0.5, 0.6) is 0 Å². The van der Waals surface area contributed by atoms with Gasteiger partial charge in [0.25, 0.3) is 0 Å². The fourth-order valence-electron chi connectivity index (χ4n) is 0.412. The summed E-state index contributed by atoms with van der Waals surface area (Å²) in [4.78, 5) is 47.2. The maximum absolute atomic E-state index is 10.4. The van der Waals surface area contributed by atoms with Crippen molar-refractivity contribution in [1.82, 2.24) is 5.32 Å². The number of ether oxygens (including phenoxy) is 1. The van der Waals surface area contributed by atoms with Crippen LogP contribution >= 0.6 is 0 Å². The Morgan fingerprint density at radius 1 is 1.12 bits per heavy atom. The van der Waals surface area contributed by atoms with Crippen LogP contribution in [0.4, 0.5) is 4.79 Å². The number of alkyl carbamates (subject to hydrolysis) is 1. The summed E-state index contributed by atoms with van der Waals surface area (Å²) in [6, 6.07) is 0. The van der Waals surface area contributed by atoms with Gasteiger partial charge in [0.2, 0.25) is 18.2 Å². The summed E-state index contributed by atoms with van der Waals surface area (Å²) in [7, 11) is 0. The lowest BCUT2D eigenvalue weighted by molar-refractivity contribution is 0.152. The number of carbonyl (C=O) groups excluding carboxylic acids is 4. The van der Waals surface area contributed by atoms with E-state index in [4.69, 9.17) is 0 Å². The van der Waals surface area contributed by atoms with Crippen LogP contribution in [-0.2, 0) is 19.1 Å². The minimum atomic E-state index is -0.582. The topological polar surface area (TPSA) is 127 Å². The first-order valence-electron chi connectivity index (χ1n) is 4.24. The van der Waals surface area contributed by atoms with Crippen molar-refractivity contribution in [3.05, 3.63) is 0 Å². The number of hydrogen-bond acceptors (Lipinski definition) is 8. The van der Waals surface area contributed by atoms with Gasteiger partial charge in [0.05, 0.1) is 6.61 Å². The minimum absolute atomic E-state index is 0.0810. The van der Waals surface area contributed by atoms with Gasteiger partial charge in [-0.25, -0.2) is 19.2 Å². The predicted molar refractivity (Wildman–Crippen MR) is 54.3 cm³/mol. The summed E-state index contributed by atoms with van der Waals surface area (Å²) in [6.45, 7) is 1.74. The summed E-state index contributed by atoms with van der Waals surface area (Å²) in [6.07, 6.45) is 3.10. The van der Waals surface area contributed by atoms with Gasteiger partial charge in [-0.3, -0.25) is 0 Å². The van der Waals surface area contributed by atoms with E-state index in [0.717, 1.165) is 0 Å². The van der Waals surface area contributed by atoms with Gasteiger partial charge < -0.3 is 10.1 Å². The summed E-state index contributed by atoms with van der Waals surface area (Å²) < 4.78 is 4.45. The molecule has 0 atom stereocenters. The van der Waals surface area contributed by atoms with Gasteiger partial charge in [-0.1, -0.05) is 0 Å². The third-order valence-corrected chi connectivity index (χ3v) is 0.913. The smallest absolute Gasteiger partial charge is 0.408 e. The largest absolute Gasteiger partial charge is 0.450 e. The second-order valence-corrected chi connectivity index (χ2v) is 1.94. The fourth-order valence-corrected chi connectivity index (χ4v) is 0.412. The second-order valence-electron chi connectivity index (χ2n) is 1.94. The first-order valence-corrected chi connectivity index (χ1v) is 4.24. The number of carbonyl (C=O) groups is 1. The summed E-state index contributed by atoms with van der Waals surface area (Å²) in [5, 5.41) is 2.19. The second kappa shape index (κ2) is 15.9. The van der Waals surface area contributed by atoms with Crippen molar-refractivity contribution in [2.45, 2.75) is 6.92 Å². The van der Waals surface area contributed by atoms with Crippen LogP contribution in [0.25, 0.3) is 0 Å². The average Bonchev–Trinajstić information content (AvgIpc) is 2.31. The highest BCUT2D eigenvalue weighted by Gasteiger charge is 1.94. The Bertz CT molecular complexity index is 335. The summed E-state index contributed by atoms with van der Waals surface area (Å²) in [5.74, 6) is 0. The Labute approximate surface area is 96.3 Å². The molecule has 0 heterocycles. The van der Waals surface area contributed by atoms with Gasteiger partial charge in [-0.2, -0.15) is 15.0 Å². The van der Waals surface area contributed by atoms with Gasteiger partial charge in [0, 0.05) is 0 Å². The third kappa shape index (κ3) is 19.7. The summed E-state index contributed by atoms with van der Waals surface area (Å²) in [5.41, 5.74) is 0. The first kappa shape index (κ1) is 16.8. The Hall–Kier alpha value is -2.59. The maximum Gasteiger partial charge on any atom is 0.408 e. The van der Waals surface area contributed by atoms with Gasteiger partial charge >= 0.3 is 6.09 Å². The van der Waals surface area contributed by atoms with Crippen LogP contribution in [0, 0.1) is 0 Å². The molecule has 0 unspecified atom stereocenters. The van der Waals surface area contributed by atoms with Crippen LogP contribution in [0.1, 0.15) is 6.92 Å². The van der Waals surface area contributed by atoms with Crippen molar-refractivity contribution in [2.24, 2.45) is 15.0 Å². The average molecular weight is 242 g/mol. The van der Waals surface area contributed by atoms with E-state index < -0.39 is 6.09 Å². The summed E-state index contributed by atoms with van der Waals surface area (Å²) >= 11 is 0. The van der Waals surface area contributed by atoms with Crippen LogP contribution in [-0.4, -0.2) is 44.3 Å². The van der Waals surface area contributed by atoms with Gasteiger partial charge in [0.15, 0.2) is 6.67 Å². The van der Waals surface area contributed by atoms with Crippen molar-refractivity contribution < 1.29 is 23.9 Å². The standard InChI is InChI=1S/C5H8N2O3.C3H2N2O2/c1-2-10-5(9)7-3-6-4-8;6-2-4-1-5-3-7/h2-3H2,1H3,(H,7,9);1H2. The van der Waals surface area contributed by atoms with Crippen molar-refractivity contribution in [2.75, 3.05) is 19.9 Å². The molecule has 0 rings (SSSR count). The molecule has 1 amide bonds. The molecule has 0 fully saturated rings. The molecule has 1 N–H and O–H groups in total. The number of amides is 1. The van der Waals surface area contributed by atoms with Crippen LogP contribution in [0.3, 0.4) is 0 Å². The van der Waals surface area contributed by atoms with E-state index in [1.54, 1.807) is 6.92 Å². The molecule has 9 heteroatoms. The molecule has 0 aromatic rings. The lowest BCUT2D eigenvalue weighted by atomic mass is 10.8. The van der Waals surface area contributed by atoms with E-state index >= 15 is 0 Å². The molecule has 0 radical (unpaired) electrons. The Balaban J connectivity index is 0. The van der Waals surface area contributed by atoms with Gasteiger partial charge in [-0.15, -0.1) is 0 Å². The third-order valence-electron chi connectivity index (χ3n) is 0.913. The zero-order valence-electron chi connectivity index (χ0n) is 9.00. The number of nitrogens with one attached hydrogen (secondary N) is 1. The molecule has 9 nitrogen and oxygen atoms in total.